The standard InChI is InChI=1S/C27H29N3O.C27H22N2O.C22H20N2O.C20H18N2.C20H17N/c1-29-18-16-23(17-19-29)27(31)21-28-20-22-12-14-26(15-13-22)30(24-8-4-2-5-9-24)25-10-6-3-7-11-25;30-27(23-10-4-1-5-11-23)21-28-20-22-16-18-26(19-17-22)29(24-12-6-2-7-13-24)25-14-8-3-9-15-25;1-18(25)16-23-17-19-12-14-22(15-13-19)24(20-8-4-2-5-9-20)21-10-6-3-7-11-21;1-21-16-17-12-14-20(15-13-17)22(18-8-4-2-5-9-18)19-10-6-3-7-11-19;1-2-17-13-15-20(16-14-17)21(18-9-5-3-6-10-18)19-11-7-4-8-12-19/h2-15,20,23H,16-19,21H2,1H3;1-20H,21H2;2-15,17H,16H2,1H3;2-16H,1H3;2-16H,1H2. The molecule has 0 bridgehead atoms. The maximum Gasteiger partial charge on any atom is 0.184 e. The summed E-state index contributed by atoms with van der Waals surface area (Å²) in [6.07, 6.45) is 10.9. The monoisotopic (exact) mass is 1690 g/mol. The number of aliphatic imine (C=N–C) groups is 4. The molecule has 0 aromatic heterocycles. The molecule has 1 saturated heterocycles. The number of anilines is 15. The molecular formula is C116H106N10O3. The van der Waals surface area contributed by atoms with Gasteiger partial charge in [-0.25, -0.2) is 0 Å². The van der Waals surface area contributed by atoms with E-state index in [0.717, 1.165) is 139 Å². The minimum atomic E-state index is 0.0165. The zero-order valence-electron chi connectivity index (χ0n) is 73.1. The van der Waals surface area contributed by atoms with Crippen LogP contribution >= 0.6 is 0 Å². The maximum absolute atomic E-state index is 12.4. The van der Waals surface area contributed by atoms with Gasteiger partial charge in [-0.3, -0.25) is 34.4 Å². The first-order chi connectivity index (χ1) is 63.5. The molecule has 0 amide bonds. The summed E-state index contributed by atoms with van der Waals surface area (Å²) in [6, 6.07) is 154. The molecule has 0 atom stereocenters. The number of para-hydroxylation sites is 10. The molecular weight excluding hydrogens is 1580 g/mol. The number of carbonyl (C=O) groups excluding carboxylic acids is 3. The zero-order chi connectivity index (χ0) is 89.2. The molecule has 13 heteroatoms. The zero-order valence-corrected chi connectivity index (χ0v) is 73.1. The number of Topliss-reactive ketones (excluding diaryl/α,β-unsaturated/α-hetero) is 3. The van der Waals surface area contributed by atoms with Gasteiger partial charge in [0, 0.05) is 129 Å². The highest BCUT2D eigenvalue weighted by atomic mass is 16.1. The number of ketones is 3. The molecule has 0 radical (unpaired) electrons. The van der Waals surface area contributed by atoms with E-state index in [1.807, 2.05) is 207 Å². The van der Waals surface area contributed by atoms with Crippen molar-refractivity contribution in [2.75, 3.05) is 71.3 Å². The Balaban J connectivity index is 0.000000139. The first kappa shape index (κ1) is 90.6. The number of rotatable bonds is 28. The van der Waals surface area contributed by atoms with Gasteiger partial charge in [0.2, 0.25) is 0 Å². The van der Waals surface area contributed by atoms with Gasteiger partial charge in [-0.05, 0) is 250 Å². The van der Waals surface area contributed by atoms with E-state index < -0.39 is 0 Å². The molecule has 0 unspecified atom stereocenters. The fraction of sp³-hybridized carbons (Fsp3) is 0.0948. The van der Waals surface area contributed by atoms with Crippen LogP contribution in [-0.4, -0.2) is 93.9 Å². The molecule has 16 aromatic rings. The molecule has 1 aliphatic heterocycles. The normalized spacial score (nSPS) is 11.7. The molecule has 13 nitrogen and oxygen atoms in total. The molecule has 0 N–H and O–H groups in total. The second kappa shape index (κ2) is 48.8. The van der Waals surface area contributed by atoms with E-state index in [-0.39, 0.29) is 42.9 Å². The van der Waals surface area contributed by atoms with E-state index in [0.29, 0.717) is 5.56 Å². The number of benzene rings is 16. The van der Waals surface area contributed by atoms with Crippen LogP contribution in [0.5, 0.6) is 0 Å². The van der Waals surface area contributed by atoms with Crippen molar-refractivity contribution >= 4 is 134 Å². The average molecular weight is 1690 g/mol. The Kier molecular flexibility index (Phi) is 34.3. The van der Waals surface area contributed by atoms with Crippen LogP contribution < -0.4 is 24.5 Å². The third-order valence-electron chi connectivity index (χ3n) is 21.2. The van der Waals surface area contributed by atoms with Crippen molar-refractivity contribution in [3.8, 4) is 0 Å². The van der Waals surface area contributed by atoms with Crippen LogP contribution in [0.25, 0.3) is 6.08 Å². The van der Waals surface area contributed by atoms with E-state index in [9.17, 15) is 14.4 Å². The second-order valence-corrected chi connectivity index (χ2v) is 30.5. The number of nitrogens with zero attached hydrogens (tertiary/aromatic N) is 10. The Labute approximate surface area is 760 Å². The fourth-order valence-electron chi connectivity index (χ4n) is 14.7. The quantitative estimate of drug-likeness (QED) is 0.0349. The van der Waals surface area contributed by atoms with E-state index >= 15 is 0 Å². The number of hydrogen-bond acceptors (Lipinski definition) is 13. The molecule has 0 aliphatic carbocycles. The van der Waals surface area contributed by atoms with E-state index in [2.05, 4.69) is 330 Å². The molecule has 17 rings (SSSR count). The van der Waals surface area contributed by atoms with Crippen LogP contribution in [-0.2, 0) is 9.59 Å². The van der Waals surface area contributed by atoms with Crippen LogP contribution in [0.15, 0.2) is 482 Å². The number of carbonyl (C=O) groups is 3. The minimum Gasteiger partial charge on any atom is -0.311 e. The van der Waals surface area contributed by atoms with Gasteiger partial charge in [0.15, 0.2) is 17.3 Å². The second-order valence-electron chi connectivity index (χ2n) is 30.5. The van der Waals surface area contributed by atoms with Crippen LogP contribution in [0.1, 0.15) is 57.9 Å². The van der Waals surface area contributed by atoms with Crippen LogP contribution in [0.4, 0.5) is 85.3 Å². The van der Waals surface area contributed by atoms with E-state index in [1.165, 1.54) is 6.92 Å². The van der Waals surface area contributed by atoms with Crippen LogP contribution in [0, 0.1) is 5.92 Å². The molecule has 16 aromatic carbocycles. The maximum atomic E-state index is 12.4. The fourth-order valence-corrected chi connectivity index (χ4v) is 14.7. The predicted octanol–water partition coefficient (Wildman–Crippen LogP) is 28.1. The largest absolute Gasteiger partial charge is 0.311 e. The topological polar surface area (TPSA) is 120 Å². The lowest BCUT2D eigenvalue weighted by atomic mass is 9.93. The molecule has 129 heavy (non-hydrogen) atoms. The highest BCUT2D eigenvalue weighted by Gasteiger charge is 2.23. The smallest absolute Gasteiger partial charge is 0.184 e. The first-order valence-corrected chi connectivity index (χ1v) is 43.4. The average Bonchev–Trinajstić information content (AvgIpc) is 0.830. The first-order valence-electron chi connectivity index (χ1n) is 43.4. The molecule has 1 fully saturated rings. The molecule has 1 heterocycles. The van der Waals surface area contributed by atoms with E-state index in [4.69, 9.17) is 0 Å². The van der Waals surface area contributed by atoms with Crippen molar-refractivity contribution in [2.45, 2.75) is 19.8 Å². The summed E-state index contributed by atoms with van der Waals surface area (Å²) in [4.78, 5) is 65.9. The van der Waals surface area contributed by atoms with Gasteiger partial charge in [-0.1, -0.05) is 286 Å². The summed E-state index contributed by atoms with van der Waals surface area (Å²) in [5.41, 5.74) is 22.5. The minimum absolute atomic E-state index is 0.0165. The van der Waals surface area contributed by atoms with Gasteiger partial charge in [0.1, 0.15) is 6.54 Å². The number of likely N-dealkylation sites (tertiary alicyclic amines) is 1. The van der Waals surface area contributed by atoms with Crippen molar-refractivity contribution in [2.24, 2.45) is 25.9 Å². The highest BCUT2D eigenvalue weighted by Crippen LogP contribution is 2.40. The lowest BCUT2D eigenvalue weighted by molar-refractivity contribution is -0.122. The molecule has 638 valence electrons. The number of hydrogen-bond donors (Lipinski definition) is 0. The Morgan fingerprint density at radius 3 is 0.705 bits per heavy atom. The lowest BCUT2D eigenvalue weighted by Crippen LogP contribution is -2.34. The molecule has 0 spiro atoms. The van der Waals surface area contributed by atoms with Gasteiger partial charge in [-0.15, -0.1) is 0 Å². The third-order valence-corrected chi connectivity index (χ3v) is 21.2. The third kappa shape index (κ3) is 27.2. The van der Waals surface area contributed by atoms with Gasteiger partial charge < -0.3 is 29.4 Å². The van der Waals surface area contributed by atoms with Crippen LogP contribution in [0.2, 0.25) is 0 Å². The summed E-state index contributed by atoms with van der Waals surface area (Å²) in [5.74, 6) is 0.510. The SMILES string of the molecule is C=Cc1ccc(N(c2ccccc2)c2ccccc2)cc1.CC(=O)CN=Cc1ccc(N(c2ccccc2)c2ccccc2)cc1.CN1CCC(C(=O)CN=Cc2ccc(N(c3ccccc3)c3ccccc3)cc2)CC1.CN=Cc1ccc(N(c2ccccc2)c2ccccc2)cc1.O=C(CN=Cc1ccc(N(c2ccccc2)c2ccccc2)cc1)c1ccccc1. The Morgan fingerprint density at radius 1 is 0.279 bits per heavy atom. The van der Waals surface area contributed by atoms with Gasteiger partial charge in [0.05, 0.1) is 13.1 Å². The molecule has 0 saturated carbocycles. The van der Waals surface area contributed by atoms with E-state index in [1.54, 1.807) is 19.5 Å². The van der Waals surface area contributed by atoms with Gasteiger partial charge in [-0.2, -0.15) is 0 Å². The lowest BCUT2D eigenvalue weighted by Gasteiger charge is -2.27. The van der Waals surface area contributed by atoms with Crippen molar-refractivity contribution in [1.29, 1.82) is 0 Å². The Morgan fingerprint density at radius 2 is 0.481 bits per heavy atom. The van der Waals surface area contributed by atoms with Crippen molar-refractivity contribution in [1.82, 2.24) is 4.90 Å². The summed E-state index contributed by atoms with van der Waals surface area (Å²) in [7, 11) is 3.90. The highest BCUT2D eigenvalue weighted by molar-refractivity contribution is 5.99. The Bertz CT molecular complexity index is 5950. The van der Waals surface area contributed by atoms with Crippen molar-refractivity contribution in [3.05, 3.63) is 495 Å². The van der Waals surface area contributed by atoms with Gasteiger partial charge >= 0.3 is 0 Å². The summed E-state index contributed by atoms with van der Waals surface area (Å²) < 4.78 is 0. The predicted molar refractivity (Wildman–Crippen MR) is 543 cm³/mol. The molecule has 1 aliphatic rings. The van der Waals surface area contributed by atoms with Crippen molar-refractivity contribution in [3.63, 3.8) is 0 Å². The summed E-state index contributed by atoms with van der Waals surface area (Å²) in [5, 5.41) is 0. The Hall–Kier alpha value is -16.1. The summed E-state index contributed by atoms with van der Waals surface area (Å²) in [6.45, 7) is 7.99. The van der Waals surface area contributed by atoms with Gasteiger partial charge in [0.25, 0.3) is 0 Å². The van der Waals surface area contributed by atoms with Crippen molar-refractivity contribution < 1.29 is 14.4 Å². The summed E-state index contributed by atoms with van der Waals surface area (Å²) >= 11 is 0. The van der Waals surface area contributed by atoms with Crippen LogP contribution in [0.3, 0.4) is 0 Å². The number of piperidine rings is 1.